The molecule has 101 heavy (non-hydrogen) atoms. The lowest BCUT2D eigenvalue weighted by Gasteiger charge is -2.26. The fraction of sp³-hybridized carbons (Fsp3) is 0.793. The van der Waals surface area contributed by atoms with Crippen molar-refractivity contribution in [1.29, 1.82) is 0 Å². The Hall–Kier alpha value is -3.79. The number of hydrogen-bond donors (Lipinski definition) is 0. The molecule has 0 N–H and O–H groups in total. The number of ether oxygens (including phenoxy) is 4. The number of aliphatic carboxylic acids is 1. The van der Waals surface area contributed by atoms with Gasteiger partial charge in [0.25, 0.3) is 0 Å². The molecule has 0 aliphatic rings. The van der Waals surface area contributed by atoms with Crippen LogP contribution >= 0.6 is 0 Å². The molecule has 0 aliphatic carbocycles. The number of hydrogen-bond acceptors (Lipinski definition) is 8. The summed E-state index contributed by atoms with van der Waals surface area (Å²) >= 11 is 0. The predicted molar refractivity (Wildman–Crippen MR) is 435 cm³/mol. The molecule has 0 aromatic heterocycles. The third-order valence-electron chi connectivity index (χ3n) is 19.3. The standard InChI is InChI=1S/C92H165NO8/c1-6-8-10-12-14-16-18-20-22-24-26-28-30-32-34-36-38-40-42-44-45-47-48-50-52-54-56-58-60-62-64-66-68-70-72-74-76-78-80-82-89(94)99-86-88(87-100-92(91(96)97)98-85-84-93(3,4)5)101-90(95)83-81-79-77-75-73-71-69-67-65-63-61-59-57-55-53-51-49-46-43-41-39-37-35-33-31-29-27-25-23-21-19-17-15-13-11-9-7-2/h9,11,15,17,21,23-24,26-27,29,33,35,39,41,46,49,88,92H,6-8,10,12-14,16,18-20,22,25,28,30-32,34,36-38,40,42-45,47-48,50-87H2,1-5H3/b11-9-,17-15-,23-21-,26-24-,29-27-,35-33-,41-39-,49-46-. The number of carboxylic acid groups (broad SMARTS) is 1. The van der Waals surface area contributed by atoms with Crippen molar-refractivity contribution in [3.05, 3.63) is 97.2 Å². The molecule has 586 valence electrons. The van der Waals surface area contributed by atoms with Gasteiger partial charge < -0.3 is 33.3 Å². The van der Waals surface area contributed by atoms with Crippen LogP contribution in [0.25, 0.3) is 0 Å². The summed E-state index contributed by atoms with van der Waals surface area (Å²) in [6.07, 6.45) is 111. The lowest BCUT2D eigenvalue weighted by molar-refractivity contribution is -0.870. The third-order valence-corrected chi connectivity index (χ3v) is 19.3. The molecule has 0 rings (SSSR count). The van der Waals surface area contributed by atoms with Gasteiger partial charge in [0.05, 0.1) is 40.3 Å². The molecule has 0 heterocycles. The molecule has 0 aromatic rings. The minimum absolute atomic E-state index is 0.147. The summed E-state index contributed by atoms with van der Waals surface area (Å²) in [4.78, 5) is 37.7. The van der Waals surface area contributed by atoms with E-state index in [2.05, 4.69) is 111 Å². The van der Waals surface area contributed by atoms with E-state index in [4.69, 9.17) is 18.9 Å². The first-order valence-electron chi connectivity index (χ1n) is 43.4. The van der Waals surface area contributed by atoms with Gasteiger partial charge >= 0.3 is 11.9 Å². The van der Waals surface area contributed by atoms with Gasteiger partial charge in [-0.1, -0.05) is 400 Å². The summed E-state index contributed by atoms with van der Waals surface area (Å²) in [5, 5.41) is 11.9. The zero-order valence-electron chi connectivity index (χ0n) is 67.3. The van der Waals surface area contributed by atoms with Crippen molar-refractivity contribution in [1.82, 2.24) is 0 Å². The average Bonchev–Trinajstić information content (AvgIpc) is 1.25. The van der Waals surface area contributed by atoms with Crippen LogP contribution in [-0.4, -0.2) is 82.3 Å². The zero-order valence-corrected chi connectivity index (χ0v) is 67.3. The first-order chi connectivity index (χ1) is 49.6. The fourth-order valence-electron chi connectivity index (χ4n) is 12.8. The normalized spacial score (nSPS) is 13.1. The van der Waals surface area contributed by atoms with Crippen LogP contribution in [0.5, 0.6) is 0 Å². The van der Waals surface area contributed by atoms with Crippen molar-refractivity contribution in [3.8, 4) is 0 Å². The molecule has 0 aliphatic heterocycles. The van der Waals surface area contributed by atoms with Gasteiger partial charge in [0.1, 0.15) is 13.2 Å². The van der Waals surface area contributed by atoms with E-state index in [1.165, 1.54) is 295 Å². The Bertz CT molecular complexity index is 1990. The Morgan fingerprint density at radius 2 is 0.564 bits per heavy atom. The van der Waals surface area contributed by atoms with Gasteiger partial charge in [0.2, 0.25) is 0 Å². The van der Waals surface area contributed by atoms with Gasteiger partial charge in [-0.2, -0.15) is 0 Å². The van der Waals surface area contributed by atoms with Crippen molar-refractivity contribution < 1.29 is 42.9 Å². The van der Waals surface area contributed by atoms with Crippen molar-refractivity contribution in [3.63, 3.8) is 0 Å². The first kappa shape index (κ1) is 97.2. The molecule has 0 amide bonds. The Balaban J connectivity index is 3.96. The van der Waals surface area contributed by atoms with Gasteiger partial charge in [-0.15, -0.1) is 0 Å². The van der Waals surface area contributed by atoms with Crippen molar-refractivity contribution in [2.75, 3.05) is 47.5 Å². The topological polar surface area (TPSA) is 111 Å². The number of carboxylic acids is 1. The summed E-state index contributed by atoms with van der Waals surface area (Å²) in [6.45, 7) is 4.69. The number of nitrogens with zero attached hydrogens (tertiary/aromatic N) is 1. The molecule has 0 spiro atoms. The second-order valence-corrected chi connectivity index (χ2v) is 30.4. The molecule has 0 saturated heterocycles. The van der Waals surface area contributed by atoms with E-state index < -0.39 is 24.3 Å². The number of quaternary nitrogens is 1. The van der Waals surface area contributed by atoms with E-state index in [-0.39, 0.29) is 32.2 Å². The number of carbonyl (C=O) groups is 3. The zero-order chi connectivity index (χ0) is 73.2. The Morgan fingerprint density at radius 1 is 0.307 bits per heavy atom. The quantitative estimate of drug-likeness (QED) is 0.0195. The van der Waals surface area contributed by atoms with E-state index in [9.17, 15) is 19.5 Å². The Kier molecular flexibility index (Phi) is 78.8. The monoisotopic (exact) mass is 1410 g/mol. The van der Waals surface area contributed by atoms with E-state index in [0.29, 0.717) is 23.9 Å². The highest BCUT2D eigenvalue weighted by atomic mass is 16.7. The van der Waals surface area contributed by atoms with Gasteiger partial charge in [-0.3, -0.25) is 9.59 Å². The van der Waals surface area contributed by atoms with Crippen LogP contribution < -0.4 is 5.11 Å². The van der Waals surface area contributed by atoms with Crippen LogP contribution in [0.15, 0.2) is 97.2 Å². The van der Waals surface area contributed by atoms with Crippen LogP contribution in [0.2, 0.25) is 0 Å². The molecule has 0 saturated carbocycles. The molecule has 0 radical (unpaired) electrons. The number of allylic oxidation sites excluding steroid dienone is 16. The number of carbonyl (C=O) groups excluding carboxylic acids is 3. The number of esters is 2. The number of rotatable bonds is 81. The molecule has 0 bridgehead atoms. The predicted octanol–water partition coefficient (Wildman–Crippen LogP) is 26.9. The maximum absolute atomic E-state index is 13.0. The summed E-state index contributed by atoms with van der Waals surface area (Å²) in [6, 6.07) is 0. The number of unbranched alkanes of at least 4 members (excludes halogenated alkanes) is 50. The molecule has 0 fully saturated rings. The van der Waals surface area contributed by atoms with E-state index >= 15 is 0 Å². The van der Waals surface area contributed by atoms with Crippen LogP contribution in [0, 0.1) is 0 Å². The highest BCUT2D eigenvalue weighted by Gasteiger charge is 2.22. The van der Waals surface area contributed by atoms with Crippen LogP contribution in [0.1, 0.15) is 412 Å². The molecule has 9 heteroatoms. The summed E-state index contributed by atoms with van der Waals surface area (Å²) in [5.41, 5.74) is 0. The Morgan fingerprint density at radius 3 is 0.851 bits per heavy atom. The molecular weight excluding hydrogens is 1250 g/mol. The minimum Gasteiger partial charge on any atom is -0.545 e. The minimum atomic E-state index is -1.62. The van der Waals surface area contributed by atoms with Crippen molar-refractivity contribution in [2.45, 2.75) is 424 Å². The van der Waals surface area contributed by atoms with Crippen LogP contribution in [0.3, 0.4) is 0 Å². The average molecular weight is 1410 g/mol. The second-order valence-electron chi connectivity index (χ2n) is 30.4. The van der Waals surface area contributed by atoms with Crippen LogP contribution in [0.4, 0.5) is 0 Å². The number of likely N-dealkylation sites (N-methyl/N-ethyl adjacent to an activating group) is 1. The summed E-state index contributed by atoms with van der Waals surface area (Å²) < 4.78 is 22.9. The fourth-order valence-corrected chi connectivity index (χ4v) is 12.8. The smallest absolute Gasteiger partial charge is 0.306 e. The lowest BCUT2D eigenvalue weighted by atomic mass is 10.0. The maximum atomic E-state index is 13.0. The van der Waals surface area contributed by atoms with Gasteiger partial charge in [-0.05, 0) is 96.3 Å². The first-order valence-corrected chi connectivity index (χ1v) is 43.4. The third kappa shape index (κ3) is 83.4. The molecule has 2 atom stereocenters. The van der Waals surface area contributed by atoms with E-state index in [1.54, 1.807) is 0 Å². The SMILES string of the molecule is CC/C=C\C/C=C\C/C=C\C/C=C\C/C=C\C/C=C\C/C=C\CCCCCCCCCCCCCCCCCC(=O)OC(COC(=O)CCCCCCCCCCCCCCCCCCCCCCCCCCCCC/C=C\CCCCCCCCCC)COC(OCC[N+](C)(C)C)C(=O)[O-]. The summed E-state index contributed by atoms with van der Waals surface area (Å²) in [7, 11) is 5.95. The molecule has 9 nitrogen and oxygen atoms in total. The summed E-state index contributed by atoms with van der Waals surface area (Å²) in [5.74, 6) is -2.26. The van der Waals surface area contributed by atoms with Crippen LogP contribution in [-0.2, 0) is 33.3 Å². The van der Waals surface area contributed by atoms with E-state index in [1.807, 2.05) is 21.1 Å². The largest absolute Gasteiger partial charge is 0.545 e. The van der Waals surface area contributed by atoms with Gasteiger partial charge in [0.15, 0.2) is 12.4 Å². The van der Waals surface area contributed by atoms with E-state index in [0.717, 1.165) is 83.5 Å². The molecule has 0 aromatic carbocycles. The highest BCUT2D eigenvalue weighted by Crippen LogP contribution is 2.20. The lowest BCUT2D eigenvalue weighted by Crippen LogP contribution is -2.44. The van der Waals surface area contributed by atoms with Crippen molar-refractivity contribution >= 4 is 17.9 Å². The van der Waals surface area contributed by atoms with Crippen molar-refractivity contribution in [2.24, 2.45) is 0 Å². The Labute approximate surface area is 626 Å². The van der Waals surface area contributed by atoms with Gasteiger partial charge in [0, 0.05) is 12.8 Å². The molecular formula is C92H165NO8. The highest BCUT2D eigenvalue weighted by molar-refractivity contribution is 5.70. The molecule has 2 unspecified atom stereocenters. The van der Waals surface area contributed by atoms with Gasteiger partial charge in [-0.25, -0.2) is 0 Å². The maximum Gasteiger partial charge on any atom is 0.306 e. The second kappa shape index (κ2) is 81.9.